The van der Waals surface area contributed by atoms with Crippen LogP contribution >= 0.6 is 0 Å². The van der Waals surface area contributed by atoms with Crippen molar-refractivity contribution < 1.29 is 0 Å². The molecule has 4 aliphatic carbocycles. The molecule has 0 radical (unpaired) electrons. The van der Waals surface area contributed by atoms with Gasteiger partial charge in [-0.3, -0.25) is 0 Å². The molecule has 0 aliphatic heterocycles. The highest BCUT2D eigenvalue weighted by Crippen LogP contribution is 2.65. The maximum Gasteiger partial charge on any atom is 0.0541 e. The lowest BCUT2D eigenvalue weighted by atomic mass is 9.71. The van der Waals surface area contributed by atoms with E-state index in [4.69, 9.17) is 0 Å². The van der Waals surface area contributed by atoms with Gasteiger partial charge in [0.25, 0.3) is 0 Å². The van der Waals surface area contributed by atoms with Crippen molar-refractivity contribution in [1.82, 2.24) is 0 Å². The first-order chi connectivity index (χ1) is 15.5. The summed E-state index contributed by atoms with van der Waals surface area (Å²) in [4.78, 5) is 0. The molecule has 0 N–H and O–H groups in total. The average molecular weight is 451 g/mol. The van der Waals surface area contributed by atoms with E-state index in [1.807, 2.05) is 0 Å². The minimum absolute atomic E-state index is 0.855. The van der Waals surface area contributed by atoms with Gasteiger partial charge in [-0.15, -0.1) is 0 Å². The van der Waals surface area contributed by atoms with Crippen molar-refractivity contribution >= 4 is 8.07 Å². The maximum absolute atomic E-state index is 2.88. The summed E-state index contributed by atoms with van der Waals surface area (Å²) in [5, 5.41) is 0. The van der Waals surface area contributed by atoms with Crippen molar-refractivity contribution in [2.45, 2.75) is 121 Å². The normalized spacial score (nSPS) is 40.6. The lowest BCUT2D eigenvalue weighted by Gasteiger charge is -2.46. The summed E-state index contributed by atoms with van der Waals surface area (Å²) in [6.07, 6.45) is 18.2. The Hall–Kier alpha value is -0.563. The van der Waals surface area contributed by atoms with Gasteiger partial charge >= 0.3 is 0 Å². The molecule has 5 rings (SSSR count). The van der Waals surface area contributed by atoms with E-state index in [9.17, 15) is 0 Å². The molecule has 1 heteroatoms. The summed E-state index contributed by atoms with van der Waals surface area (Å²) in [6.45, 7) is 10.8. The lowest BCUT2D eigenvalue weighted by molar-refractivity contribution is 0.179. The number of fused-ring (bicyclic) bond motifs is 2. The van der Waals surface area contributed by atoms with E-state index in [0.717, 1.165) is 52.5 Å². The summed E-state index contributed by atoms with van der Waals surface area (Å²) in [5.74, 6) is 7.09. The Morgan fingerprint density at radius 2 is 1.47 bits per heavy atom. The summed E-state index contributed by atoms with van der Waals surface area (Å²) < 4.78 is 0. The number of hydrogen-bond acceptors (Lipinski definition) is 0. The molecule has 9 unspecified atom stereocenters. The predicted octanol–water partition coefficient (Wildman–Crippen LogP) is 9.69. The molecule has 0 amide bonds. The van der Waals surface area contributed by atoms with Gasteiger partial charge < -0.3 is 0 Å². The van der Waals surface area contributed by atoms with E-state index in [1.54, 1.807) is 37.7 Å². The van der Waals surface area contributed by atoms with Crippen LogP contribution in [0.3, 0.4) is 0 Å². The second-order valence-corrected chi connectivity index (χ2v) is 18.3. The van der Waals surface area contributed by atoms with Crippen LogP contribution in [0.4, 0.5) is 0 Å². The summed E-state index contributed by atoms with van der Waals surface area (Å²) in [5.41, 5.74) is 3.88. The Morgan fingerprint density at radius 1 is 0.781 bits per heavy atom. The van der Waals surface area contributed by atoms with Crippen molar-refractivity contribution in [1.29, 1.82) is 0 Å². The highest BCUT2D eigenvalue weighted by molar-refractivity contribution is 6.80. The molecule has 9 atom stereocenters. The Balaban J connectivity index is 1.37. The largest absolute Gasteiger partial charge is 0.0689 e. The third-order valence-electron chi connectivity index (χ3n) is 11.5. The zero-order valence-corrected chi connectivity index (χ0v) is 22.6. The van der Waals surface area contributed by atoms with Crippen LogP contribution < -0.4 is 0 Å². The van der Waals surface area contributed by atoms with Crippen LogP contribution in [0, 0.1) is 35.5 Å². The van der Waals surface area contributed by atoms with Crippen molar-refractivity contribution in [2.75, 3.05) is 0 Å². The maximum atomic E-state index is 2.88. The minimum atomic E-state index is -1.29. The zero-order valence-electron chi connectivity index (χ0n) is 21.6. The van der Waals surface area contributed by atoms with E-state index >= 15 is 0 Å². The third-order valence-corrected chi connectivity index (χ3v) is 16.7. The van der Waals surface area contributed by atoms with Crippen LogP contribution in [0.5, 0.6) is 0 Å². The smallest absolute Gasteiger partial charge is 0.0541 e. The first kappa shape index (κ1) is 23.2. The topological polar surface area (TPSA) is 0 Å². The van der Waals surface area contributed by atoms with E-state index in [0.29, 0.717) is 0 Å². The molecular formula is C31H50Si. The molecule has 178 valence electrons. The van der Waals surface area contributed by atoms with E-state index in [2.05, 4.69) is 57.3 Å². The standard InChI is InChI=1S/C31H50Si/c1-5-12-22(2)29-21-31(28-16-10-9-15-25(28)29)32(3,4)30-20-19-26-24(17-11-18-27(26)30)23-13-7-6-8-14-23/h6-8,13-14,22,24-31H,5,9-12,15-21H2,1-4H3. The molecule has 1 aromatic rings. The van der Waals surface area contributed by atoms with Crippen molar-refractivity contribution in [3.63, 3.8) is 0 Å². The van der Waals surface area contributed by atoms with Crippen molar-refractivity contribution in [2.24, 2.45) is 35.5 Å². The highest BCUT2D eigenvalue weighted by atomic mass is 28.3. The van der Waals surface area contributed by atoms with Crippen LogP contribution in [0.1, 0.15) is 102 Å². The van der Waals surface area contributed by atoms with Gasteiger partial charge in [-0.1, -0.05) is 109 Å². The first-order valence-corrected chi connectivity index (χ1v) is 17.7. The lowest BCUT2D eigenvalue weighted by Crippen LogP contribution is -2.43. The fourth-order valence-corrected chi connectivity index (χ4v) is 15.5. The second kappa shape index (κ2) is 9.59. The molecule has 0 saturated heterocycles. The molecule has 0 aromatic heterocycles. The Bertz CT molecular complexity index is 738. The van der Waals surface area contributed by atoms with Crippen LogP contribution in [0.2, 0.25) is 24.2 Å². The van der Waals surface area contributed by atoms with E-state index in [1.165, 1.54) is 44.9 Å². The van der Waals surface area contributed by atoms with Crippen molar-refractivity contribution in [3.05, 3.63) is 35.9 Å². The monoisotopic (exact) mass is 450 g/mol. The van der Waals surface area contributed by atoms with Gasteiger partial charge in [-0.2, -0.15) is 0 Å². The zero-order chi connectivity index (χ0) is 22.3. The Labute approximate surface area is 200 Å². The Morgan fingerprint density at radius 3 is 2.22 bits per heavy atom. The third kappa shape index (κ3) is 4.07. The van der Waals surface area contributed by atoms with Gasteiger partial charge in [0.2, 0.25) is 0 Å². The van der Waals surface area contributed by atoms with E-state index < -0.39 is 8.07 Å². The molecule has 1 aromatic carbocycles. The SMILES string of the molecule is CCCC(C)C1CC([Si](C)(C)C2CCC3C(c4ccccc4)CCCC32)C2CCCCC12. The number of hydrogen-bond donors (Lipinski definition) is 0. The molecule has 32 heavy (non-hydrogen) atoms. The van der Waals surface area contributed by atoms with Gasteiger partial charge in [0.15, 0.2) is 0 Å². The van der Waals surface area contributed by atoms with Crippen LogP contribution in [0.25, 0.3) is 0 Å². The predicted molar refractivity (Wildman–Crippen MR) is 142 cm³/mol. The summed E-state index contributed by atoms with van der Waals surface area (Å²) >= 11 is 0. The van der Waals surface area contributed by atoms with E-state index in [-0.39, 0.29) is 0 Å². The number of benzene rings is 1. The minimum Gasteiger partial charge on any atom is -0.0689 e. The molecule has 4 aliphatic rings. The highest BCUT2D eigenvalue weighted by Gasteiger charge is 2.57. The summed E-state index contributed by atoms with van der Waals surface area (Å²) in [6, 6.07) is 11.6. The molecule has 0 bridgehead atoms. The van der Waals surface area contributed by atoms with Gasteiger partial charge in [0, 0.05) is 0 Å². The van der Waals surface area contributed by atoms with Crippen LogP contribution in [-0.2, 0) is 0 Å². The van der Waals surface area contributed by atoms with Gasteiger partial charge in [-0.25, -0.2) is 0 Å². The number of rotatable bonds is 6. The second-order valence-electron chi connectivity index (χ2n) is 13.2. The molecule has 4 fully saturated rings. The van der Waals surface area contributed by atoms with Crippen LogP contribution in [-0.4, -0.2) is 8.07 Å². The molecule has 0 heterocycles. The molecular weight excluding hydrogens is 400 g/mol. The average Bonchev–Trinajstić information content (AvgIpc) is 3.43. The summed E-state index contributed by atoms with van der Waals surface area (Å²) in [7, 11) is -1.29. The fraction of sp³-hybridized carbons (Fsp3) is 0.806. The first-order valence-electron chi connectivity index (χ1n) is 14.6. The van der Waals surface area contributed by atoms with Crippen molar-refractivity contribution in [3.8, 4) is 0 Å². The van der Waals surface area contributed by atoms with Gasteiger partial charge in [-0.05, 0) is 83.8 Å². The fourth-order valence-electron chi connectivity index (χ4n) is 10.2. The molecule has 0 spiro atoms. The van der Waals surface area contributed by atoms with Gasteiger partial charge in [0.1, 0.15) is 0 Å². The molecule has 0 nitrogen and oxygen atoms in total. The quantitative estimate of drug-likeness (QED) is 0.378. The molecule has 4 saturated carbocycles. The van der Waals surface area contributed by atoms with Gasteiger partial charge in [0.05, 0.1) is 8.07 Å². The van der Waals surface area contributed by atoms with Crippen LogP contribution in [0.15, 0.2) is 30.3 Å². The Kier molecular flexibility index (Phi) is 6.95.